The molecule has 2 N–H and O–H groups in total. The van der Waals surface area contributed by atoms with Crippen LogP contribution in [0.25, 0.3) is 0 Å². The van der Waals surface area contributed by atoms with Crippen molar-refractivity contribution >= 4 is 64.4 Å². The van der Waals surface area contributed by atoms with Crippen molar-refractivity contribution in [3.8, 4) is 5.75 Å². The summed E-state index contributed by atoms with van der Waals surface area (Å²) in [6.07, 6.45) is 0.897. The van der Waals surface area contributed by atoms with Crippen LogP contribution in [0, 0.1) is 33.5 Å². The highest BCUT2D eigenvalue weighted by Crippen LogP contribution is 2.69. The number of nitrogens with one attached hydrogen (secondary N) is 1. The minimum Gasteiger partial charge on any atom is -0.508 e. The van der Waals surface area contributed by atoms with Crippen LogP contribution in [-0.2, 0) is 9.59 Å². The number of H-pyrrole nitrogens is 1. The molecular formula is C25H19ClN2O3S3. The van der Waals surface area contributed by atoms with Gasteiger partial charge in [0.25, 0.3) is 0 Å². The SMILES string of the molecule is O=C1C2C3CC(C2C(=O)N1c1ccc(Cl)cc1)C1C(c2ccc(O)cc2)c2sc(=S)[nH]c2SC31. The molecule has 1 saturated heterocycles. The Morgan fingerprint density at radius 1 is 1.00 bits per heavy atom. The highest BCUT2D eigenvalue weighted by Gasteiger charge is 2.69. The Labute approximate surface area is 214 Å². The first-order valence-corrected chi connectivity index (χ1v) is 13.7. The molecule has 0 spiro atoms. The van der Waals surface area contributed by atoms with Gasteiger partial charge in [0.15, 0.2) is 3.95 Å². The lowest BCUT2D eigenvalue weighted by Crippen LogP contribution is -2.42. The molecule has 2 aliphatic carbocycles. The third-order valence-electron chi connectivity index (χ3n) is 8.06. The number of anilines is 1. The maximum absolute atomic E-state index is 13.7. The molecule has 7 atom stereocenters. The van der Waals surface area contributed by atoms with Crippen molar-refractivity contribution in [1.29, 1.82) is 0 Å². The summed E-state index contributed by atoms with van der Waals surface area (Å²) in [5.41, 5.74) is 1.72. The Kier molecular flexibility index (Phi) is 4.63. The first kappa shape index (κ1) is 21.2. The number of phenols is 1. The Bertz CT molecular complexity index is 1400. The maximum atomic E-state index is 13.7. The minimum atomic E-state index is -0.289. The molecule has 7 rings (SSSR count). The number of hydrogen-bond acceptors (Lipinski definition) is 6. The molecule has 3 aromatic rings. The maximum Gasteiger partial charge on any atom is 0.238 e. The van der Waals surface area contributed by atoms with Crippen LogP contribution >= 0.6 is 46.9 Å². The molecule has 2 aliphatic heterocycles. The van der Waals surface area contributed by atoms with Gasteiger partial charge in [0.05, 0.1) is 22.5 Å². The number of benzene rings is 2. The monoisotopic (exact) mass is 526 g/mol. The number of aromatic hydroxyl groups is 1. The molecule has 2 saturated carbocycles. The van der Waals surface area contributed by atoms with Crippen molar-refractivity contribution in [2.75, 3.05) is 4.90 Å². The Hall–Kier alpha value is -2.13. The van der Waals surface area contributed by atoms with Gasteiger partial charge in [0, 0.05) is 21.1 Å². The van der Waals surface area contributed by atoms with Crippen LogP contribution in [0.4, 0.5) is 5.69 Å². The molecule has 4 aliphatic rings. The number of halogens is 1. The first-order chi connectivity index (χ1) is 16.4. The molecule has 2 bridgehead atoms. The molecule has 3 heterocycles. The lowest BCUT2D eigenvalue weighted by atomic mass is 9.68. The van der Waals surface area contributed by atoms with Gasteiger partial charge in [0.2, 0.25) is 11.8 Å². The number of imide groups is 1. The quantitative estimate of drug-likeness (QED) is 0.324. The number of fused-ring (bicyclic) bond motifs is 9. The highest BCUT2D eigenvalue weighted by atomic mass is 35.5. The van der Waals surface area contributed by atoms with Gasteiger partial charge in [-0.2, -0.15) is 0 Å². The van der Waals surface area contributed by atoms with Crippen LogP contribution in [0.15, 0.2) is 53.6 Å². The first-order valence-electron chi connectivity index (χ1n) is 11.2. The summed E-state index contributed by atoms with van der Waals surface area (Å²) in [5.74, 6) is 0.112. The van der Waals surface area contributed by atoms with E-state index in [1.807, 2.05) is 12.1 Å². The Balaban J connectivity index is 1.32. The normalized spacial score (nSPS) is 33.2. The fraction of sp³-hybridized carbons (Fsp3) is 0.320. The van der Waals surface area contributed by atoms with E-state index in [-0.39, 0.29) is 58.3 Å². The molecule has 1 aromatic heterocycles. The fourth-order valence-electron chi connectivity index (χ4n) is 6.92. The second-order valence-corrected chi connectivity index (χ2v) is 12.9. The standard InChI is InChI=1S/C25H19ClN2O3S3/c26-11-3-5-12(6-4-11)28-23(30)18-14-9-15(19(18)24(28)31)20-17(14)16(10-1-7-13(29)8-2-10)21-22(33-20)27-25(32)34-21/h1-8,14-20,29H,9H2,(H,27,32). The summed E-state index contributed by atoms with van der Waals surface area (Å²) in [6, 6.07) is 14.3. The Morgan fingerprint density at radius 2 is 1.68 bits per heavy atom. The van der Waals surface area contributed by atoms with Crippen LogP contribution in [0.5, 0.6) is 5.75 Å². The van der Waals surface area contributed by atoms with Crippen molar-refractivity contribution in [3.05, 3.63) is 67.9 Å². The number of thioether (sulfide) groups is 1. The molecule has 0 radical (unpaired) electrons. The summed E-state index contributed by atoms with van der Waals surface area (Å²) >= 11 is 14.9. The predicted molar refractivity (Wildman–Crippen MR) is 135 cm³/mol. The third kappa shape index (κ3) is 2.83. The zero-order chi connectivity index (χ0) is 23.3. The number of amides is 2. The molecular weight excluding hydrogens is 508 g/mol. The van der Waals surface area contributed by atoms with Crippen molar-refractivity contribution in [2.45, 2.75) is 22.6 Å². The molecule has 9 heteroatoms. The molecule has 7 unspecified atom stereocenters. The van der Waals surface area contributed by atoms with Gasteiger partial charge in [-0.05, 0) is 78.4 Å². The Morgan fingerprint density at radius 3 is 2.38 bits per heavy atom. The number of rotatable bonds is 2. The number of phenolic OH excluding ortho intramolecular Hbond substituents is 1. The summed E-state index contributed by atoms with van der Waals surface area (Å²) in [6.45, 7) is 0. The van der Waals surface area contributed by atoms with E-state index in [1.165, 1.54) is 9.78 Å². The van der Waals surface area contributed by atoms with Gasteiger partial charge in [-0.3, -0.25) is 14.5 Å². The van der Waals surface area contributed by atoms with Gasteiger partial charge < -0.3 is 10.1 Å². The van der Waals surface area contributed by atoms with Gasteiger partial charge in [-0.25, -0.2) is 0 Å². The van der Waals surface area contributed by atoms with E-state index >= 15 is 0 Å². The number of aromatic amines is 1. The zero-order valence-electron chi connectivity index (χ0n) is 17.7. The van der Waals surface area contributed by atoms with Gasteiger partial charge in [0.1, 0.15) is 5.75 Å². The van der Waals surface area contributed by atoms with Crippen LogP contribution in [0.3, 0.4) is 0 Å². The van der Waals surface area contributed by atoms with Crippen LogP contribution in [0.2, 0.25) is 5.02 Å². The number of thiazole rings is 1. The summed E-state index contributed by atoms with van der Waals surface area (Å²) < 4.78 is 0.745. The van der Waals surface area contributed by atoms with E-state index in [9.17, 15) is 14.7 Å². The summed E-state index contributed by atoms with van der Waals surface area (Å²) in [5, 5.41) is 11.8. The molecule has 34 heavy (non-hydrogen) atoms. The van der Waals surface area contributed by atoms with Gasteiger partial charge in [-0.15, -0.1) is 23.1 Å². The van der Waals surface area contributed by atoms with E-state index in [1.54, 1.807) is 59.5 Å². The second kappa shape index (κ2) is 7.43. The second-order valence-electron chi connectivity index (χ2n) is 9.54. The van der Waals surface area contributed by atoms with E-state index < -0.39 is 0 Å². The van der Waals surface area contributed by atoms with E-state index in [4.69, 9.17) is 23.8 Å². The molecule has 5 nitrogen and oxygen atoms in total. The lowest BCUT2D eigenvalue weighted by molar-refractivity contribution is -0.123. The number of carbonyl (C=O) groups is 2. The smallest absolute Gasteiger partial charge is 0.238 e. The van der Waals surface area contributed by atoms with Gasteiger partial charge >= 0.3 is 0 Å². The summed E-state index contributed by atoms with van der Waals surface area (Å²) in [7, 11) is 0. The predicted octanol–water partition coefficient (Wildman–Crippen LogP) is 5.84. The molecule has 3 fully saturated rings. The van der Waals surface area contributed by atoms with Crippen LogP contribution in [-0.4, -0.2) is 27.2 Å². The molecule has 2 amide bonds. The highest BCUT2D eigenvalue weighted by molar-refractivity contribution is 8.00. The number of aromatic nitrogens is 1. The zero-order valence-corrected chi connectivity index (χ0v) is 20.9. The minimum absolute atomic E-state index is 0.0749. The van der Waals surface area contributed by atoms with Crippen LogP contribution < -0.4 is 4.90 Å². The van der Waals surface area contributed by atoms with Crippen molar-refractivity contribution in [1.82, 2.24) is 4.98 Å². The topological polar surface area (TPSA) is 73.4 Å². The third-order valence-corrected chi connectivity index (χ3v) is 11.3. The average Bonchev–Trinajstić information content (AvgIpc) is 3.54. The van der Waals surface area contributed by atoms with Crippen molar-refractivity contribution in [3.63, 3.8) is 0 Å². The van der Waals surface area contributed by atoms with Crippen molar-refractivity contribution < 1.29 is 14.7 Å². The number of nitrogens with zero attached hydrogens (tertiary/aromatic N) is 1. The van der Waals surface area contributed by atoms with Crippen molar-refractivity contribution in [2.24, 2.45) is 29.6 Å². The molecule has 2 aromatic carbocycles. The largest absolute Gasteiger partial charge is 0.508 e. The number of hydrogen-bond donors (Lipinski definition) is 2. The van der Waals surface area contributed by atoms with Crippen LogP contribution in [0.1, 0.15) is 22.8 Å². The van der Waals surface area contributed by atoms with E-state index in [0.29, 0.717) is 10.7 Å². The fourth-order valence-corrected chi connectivity index (χ4v) is 10.4. The number of carbonyl (C=O) groups excluding carboxylic acids is 2. The van der Waals surface area contributed by atoms with E-state index in [2.05, 4.69) is 4.98 Å². The van der Waals surface area contributed by atoms with Gasteiger partial charge in [-0.1, -0.05) is 23.7 Å². The van der Waals surface area contributed by atoms with E-state index in [0.717, 1.165) is 21.0 Å². The lowest BCUT2D eigenvalue weighted by Gasteiger charge is -2.43. The molecule has 172 valence electrons. The summed E-state index contributed by atoms with van der Waals surface area (Å²) in [4.78, 5) is 33.3. The average molecular weight is 527 g/mol.